The molecular formula is C26H25NO6. The summed E-state index contributed by atoms with van der Waals surface area (Å²) in [4.78, 5) is 40.5. The maximum Gasteiger partial charge on any atom is 0.338 e. The normalized spacial score (nSPS) is 22.0. The Kier molecular flexibility index (Phi) is 6.31. The summed E-state index contributed by atoms with van der Waals surface area (Å²) < 4.78 is 15.2. The summed E-state index contributed by atoms with van der Waals surface area (Å²) in [6.07, 6.45) is 3.79. The van der Waals surface area contributed by atoms with E-state index in [2.05, 4.69) is 0 Å². The van der Waals surface area contributed by atoms with Crippen molar-refractivity contribution in [3.05, 3.63) is 83.5 Å². The topological polar surface area (TPSA) is 82.1 Å². The monoisotopic (exact) mass is 447 g/mol. The number of carbonyl (C=O) groups is 3. The maximum atomic E-state index is 13.6. The van der Waals surface area contributed by atoms with Gasteiger partial charge in [-0.15, -0.1) is 0 Å². The Morgan fingerprint density at radius 1 is 0.909 bits per heavy atom. The second kappa shape index (κ2) is 9.32. The molecule has 1 heterocycles. The number of benzene rings is 2. The zero-order valence-electron chi connectivity index (χ0n) is 18.7. The number of carbonyl (C=O) groups excluding carboxylic acids is 3. The predicted molar refractivity (Wildman–Crippen MR) is 121 cm³/mol. The van der Waals surface area contributed by atoms with Crippen molar-refractivity contribution in [2.24, 2.45) is 11.8 Å². The lowest BCUT2D eigenvalue weighted by Gasteiger charge is -2.51. The maximum absolute atomic E-state index is 13.6. The van der Waals surface area contributed by atoms with Crippen LogP contribution in [0.2, 0.25) is 0 Å². The average Bonchev–Trinajstić information content (AvgIpc) is 2.86. The molecule has 0 aromatic heterocycles. The lowest BCUT2D eigenvalue weighted by atomic mass is 9.68. The molecule has 33 heavy (non-hydrogen) atoms. The van der Waals surface area contributed by atoms with Gasteiger partial charge >= 0.3 is 11.9 Å². The number of ether oxygens (including phenoxy) is 3. The Morgan fingerprint density at radius 2 is 1.58 bits per heavy atom. The smallest absolute Gasteiger partial charge is 0.338 e. The highest BCUT2D eigenvalue weighted by atomic mass is 16.5. The first-order valence-corrected chi connectivity index (χ1v) is 10.6. The van der Waals surface area contributed by atoms with Crippen LogP contribution in [-0.2, 0) is 23.9 Å². The molecule has 2 aliphatic rings. The van der Waals surface area contributed by atoms with Crippen LogP contribution >= 0.6 is 0 Å². The lowest BCUT2D eigenvalue weighted by molar-refractivity contribution is -0.141. The Balaban J connectivity index is 1.81. The van der Waals surface area contributed by atoms with Crippen LogP contribution < -0.4 is 9.64 Å². The number of hydrogen-bond acceptors (Lipinski definition) is 6. The van der Waals surface area contributed by atoms with Crippen LogP contribution in [0.15, 0.2) is 77.9 Å². The largest absolute Gasteiger partial charge is 0.497 e. The van der Waals surface area contributed by atoms with Crippen molar-refractivity contribution in [1.82, 2.24) is 0 Å². The van der Waals surface area contributed by atoms with Gasteiger partial charge in [0.1, 0.15) is 5.75 Å². The number of allylic oxidation sites excluding steroid dienone is 1. The summed E-state index contributed by atoms with van der Waals surface area (Å²) >= 11 is 0. The SMILES string of the molecule is COC(=O)C1=C(C(=O)OC)[C@H]([C@@H]2C(=O)N(c3ccccc3)[C@H]2c2ccc(OC)cc2)CC=C1. The fourth-order valence-corrected chi connectivity index (χ4v) is 4.66. The van der Waals surface area contributed by atoms with Crippen molar-refractivity contribution in [1.29, 1.82) is 0 Å². The van der Waals surface area contributed by atoms with Gasteiger partial charge < -0.3 is 19.1 Å². The van der Waals surface area contributed by atoms with E-state index in [0.29, 0.717) is 12.2 Å². The van der Waals surface area contributed by atoms with Gasteiger partial charge in [0.2, 0.25) is 5.91 Å². The highest BCUT2D eigenvalue weighted by Crippen LogP contribution is 2.51. The number of hydrogen-bond donors (Lipinski definition) is 0. The van der Waals surface area contributed by atoms with Gasteiger partial charge in [0.25, 0.3) is 0 Å². The Bertz CT molecular complexity index is 1120. The lowest BCUT2D eigenvalue weighted by Crippen LogP contribution is -2.58. The molecule has 2 aromatic rings. The van der Waals surface area contributed by atoms with Crippen LogP contribution in [0.1, 0.15) is 18.0 Å². The fourth-order valence-electron chi connectivity index (χ4n) is 4.66. The molecule has 1 aliphatic carbocycles. The van der Waals surface area contributed by atoms with E-state index in [0.717, 1.165) is 11.3 Å². The average molecular weight is 447 g/mol. The minimum atomic E-state index is -0.635. The van der Waals surface area contributed by atoms with Crippen molar-refractivity contribution in [2.45, 2.75) is 12.5 Å². The molecule has 4 rings (SSSR count). The summed E-state index contributed by atoms with van der Waals surface area (Å²) in [5, 5.41) is 0. The van der Waals surface area contributed by atoms with Crippen LogP contribution in [0.5, 0.6) is 5.75 Å². The van der Waals surface area contributed by atoms with E-state index < -0.39 is 23.8 Å². The van der Waals surface area contributed by atoms with Crippen LogP contribution in [0, 0.1) is 11.8 Å². The van der Waals surface area contributed by atoms with Crippen LogP contribution in [0.25, 0.3) is 0 Å². The molecule has 0 bridgehead atoms. The van der Waals surface area contributed by atoms with Gasteiger partial charge in [-0.05, 0) is 36.2 Å². The third-order valence-electron chi connectivity index (χ3n) is 6.21. The third-order valence-corrected chi connectivity index (χ3v) is 6.21. The van der Waals surface area contributed by atoms with Crippen molar-refractivity contribution in [2.75, 3.05) is 26.2 Å². The highest BCUT2D eigenvalue weighted by molar-refractivity contribution is 6.07. The number of nitrogens with zero attached hydrogens (tertiary/aromatic N) is 1. The highest BCUT2D eigenvalue weighted by Gasteiger charge is 2.54. The van der Waals surface area contributed by atoms with Gasteiger partial charge in [0.05, 0.1) is 44.4 Å². The standard InChI is InChI=1S/C26H25NO6/c1-31-18-14-12-16(13-15-18)23-22(24(28)27(23)17-8-5-4-6-9-17)19-10-7-11-20(25(29)32-2)21(19)26(30)33-3/h4-9,11-15,19,22-23H,10H2,1-3H3/t19-,22+,23+/m1/s1. The number of esters is 2. The number of methoxy groups -OCH3 is 3. The first-order valence-electron chi connectivity index (χ1n) is 10.6. The molecule has 0 N–H and O–H groups in total. The zero-order chi connectivity index (χ0) is 23.5. The van der Waals surface area contributed by atoms with Crippen molar-refractivity contribution < 1.29 is 28.6 Å². The van der Waals surface area contributed by atoms with Gasteiger partial charge in [0, 0.05) is 11.6 Å². The molecule has 2 aromatic carbocycles. The minimum Gasteiger partial charge on any atom is -0.497 e. The van der Waals surface area contributed by atoms with E-state index >= 15 is 0 Å². The van der Waals surface area contributed by atoms with Gasteiger partial charge in [-0.1, -0.05) is 42.5 Å². The Labute approximate surface area is 192 Å². The molecule has 7 heteroatoms. The van der Waals surface area contributed by atoms with Crippen molar-refractivity contribution in [3.8, 4) is 5.75 Å². The molecule has 0 saturated carbocycles. The molecule has 170 valence electrons. The second-order valence-corrected chi connectivity index (χ2v) is 7.84. The Hall–Kier alpha value is -3.87. The van der Waals surface area contributed by atoms with Gasteiger partial charge in [-0.25, -0.2) is 9.59 Å². The summed E-state index contributed by atoms with van der Waals surface area (Å²) in [5.74, 6) is -1.77. The number of anilines is 1. The van der Waals surface area contributed by atoms with Crippen molar-refractivity contribution in [3.63, 3.8) is 0 Å². The molecule has 0 radical (unpaired) electrons. The van der Waals surface area contributed by atoms with Gasteiger partial charge in [-0.2, -0.15) is 0 Å². The van der Waals surface area contributed by atoms with E-state index in [9.17, 15) is 14.4 Å². The van der Waals surface area contributed by atoms with Crippen LogP contribution in [0.4, 0.5) is 5.69 Å². The van der Waals surface area contributed by atoms with Gasteiger partial charge in [-0.3, -0.25) is 4.79 Å². The zero-order valence-corrected chi connectivity index (χ0v) is 18.7. The minimum absolute atomic E-state index is 0.118. The molecular weight excluding hydrogens is 422 g/mol. The predicted octanol–water partition coefficient (Wildman–Crippen LogP) is 3.62. The van der Waals surface area contributed by atoms with Gasteiger partial charge in [0.15, 0.2) is 0 Å². The summed E-state index contributed by atoms with van der Waals surface area (Å²) in [6.45, 7) is 0. The molecule has 1 amide bonds. The van der Waals surface area contributed by atoms with Crippen LogP contribution in [0.3, 0.4) is 0 Å². The van der Waals surface area contributed by atoms with E-state index in [1.807, 2.05) is 54.6 Å². The molecule has 1 aliphatic heterocycles. The summed E-state index contributed by atoms with van der Waals surface area (Å²) in [6, 6.07) is 16.6. The fraction of sp³-hybridized carbons (Fsp3) is 0.269. The molecule has 3 atom stereocenters. The number of amides is 1. The first-order chi connectivity index (χ1) is 16.0. The summed E-state index contributed by atoms with van der Waals surface area (Å²) in [7, 11) is 4.12. The second-order valence-electron chi connectivity index (χ2n) is 7.84. The summed E-state index contributed by atoms with van der Waals surface area (Å²) in [5.41, 5.74) is 1.97. The van der Waals surface area contributed by atoms with Crippen molar-refractivity contribution >= 4 is 23.5 Å². The quantitative estimate of drug-likeness (QED) is 0.497. The van der Waals surface area contributed by atoms with E-state index in [1.54, 1.807) is 24.2 Å². The van der Waals surface area contributed by atoms with Crippen LogP contribution in [-0.4, -0.2) is 39.2 Å². The van der Waals surface area contributed by atoms with E-state index in [-0.39, 0.29) is 23.1 Å². The van der Waals surface area contributed by atoms with E-state index in [4.69, 9.17) is 14.2 Å². The number of rotatable bonds is 6. The molecule has 1 saturated heterocycles. The van der Waals surface area contributed by atoms with E-state index in [1.165, 1.54) is 14.2 Å². The number of β-lactam (4-membered cyclic amide) rings is 1. The number of para-hydroxylation sites is 1. The molecule has 0 unspecified atom stereocenters. The first kappa shape index (κ1) is 22.3. The molecule has 7 nitrogen and oxygen atoms in total. The molecule has 1 fully saturated rings. The third kappa shape index (κ3) is 3.91. The molecule has 0 spiro atoms. The Morgan fingerprint density at radius 3 is 2.18 bits per heavy atom.